The normalized spacial score (nSPS) is 10.0. The summed E-state index contributed by atoms with van der Waals surface area (Å²) in [5.41, 5.74) is 0. The Labute approximate surface area is 169 Å². The van der Waals surface area contributed by atoms with E-state index >= 15 is 0 Å². The van der Waals surface area contributed by atoms with Gasteiger partial charge in [-0.05, 0) is 20.3 Å². The van der Waals surface area contributed by atoms with Crippen LogP contribution in [0.15, 0.2) is 0 Å². The zero-order valence-corrected chi connectivity index (χ0v) is 18.3. The molecule has 5 heteroatoms. The molecule has 0 atom stereocenters. The van der Waals surface area contributed by atoms with Crippen LogP contribution in [0.1, 0.15) is 54.9 Å². The van der Waals surface area contributed by atoms with Gasteiger partial charge in [-0.1, -0.05) is 28.2 Å². The quantitative estimate of drug-likeness (QED) is 0.341. The van der Waals surface area contributed by atoms with Gasteiger partial charge in [0.15, 0.2) is 0 Å². The number of unbranched alkanes of at least 4 members (excludes halogenated alkanes) is 1. The molecule has 135 valence electrons. The van der Waals surface area contributed by atoms with E-state index < -0.39 is 0 Å². The molecular weight excluding hydrogens is 431 g/mol. The zero-order chi connectivity index (χ0) is 12.7. The summed E-state index contributed by atoms with van der Waals surface area (Å²) in [6.07, 6.45) is 4.07. The van der Waals surface area contributed by atoms with Crippen molar-refractivity contribution in [2.45, 2.75) is 54.9 Å². The van der Waals surface area contributed by atoms with E-state index in [1.54, 1.807) is 0 Å². The maximum absolute atomic E-state index is 2.35. The van der Waals surface area contributed by atoms with Gasteiger partial charge in [0.25, 0.3) is 0 Å². The molecule has 0 aromatic carbocycles. The Morgan fingerprint density at radius 1 is 0.667 bits per heavy atom. The van der Waals surface area contributed by atoms with Gasteiger partial charge in [-0.2, -0.15) is 0 Å². The van der Waals surface area contributed by atoms with Crippen molar-refractivity contribution in [3.63, 3.8) is 0 Å². The Hall–Kier alpha value is 1.46. The molecule has 0 saturated heterocycles. The third-order valence-electron chi connectivity index (χ3n) is 3.79. The molecule has 0 aromatic rings. The second-order valence-electron chi connectivity index (χ2n) is 6.14. The Balaban J connectivity index is -0.000000112. The van der Waals surface area contributed by atoms with Crippen LogP contribution in [-0.2, 0) is 18.6 Å². The van der Waals surface area contributed by atoms with Crippen molar-refractivity contribution in [1.29, 1.82) is 0 Å². The van der Waals surface area contributed by atoms with Crippen molar-refractivity contribution < 1.29 is 61.5 Å². The van der Waals surface area contributed by atoms with Gasteiger partial charge >= 0.3 is 0 Å². The van der Waals surface area contributed by atoms with Crippen LogP contribution in [-0.4, -0.2) is 62.8 Å². The van der Waals surface area contributed by atoms with Gasteiger partial charge < -0.3 is 42.9 Å². The molecule has 0 aromatic heterocycles. The van der Waals surface area contributed by atoms with E-state index in [-0.39, 0.29) is 67.4 Å². The van der Waals surface area contributed by atoms with Crippen molar-refractivity contribution in [3.8, 4) is 0 Å². The van der Waals surface area contributed by atoms with Gasteiger partial charge in [0, 0.05) is 25.0 Å². The molecule has 2 nitrogen and oxygen atoms in total. The predicted molar refractivity (Wildman–Crippen MR) is 87.0 cm³/mol. The summed E-state index contributed by atoms with van der Waals surface area (Å²) >= 11 is 0. The second-order valence-corrected chi connectivity index (χ2v) is 6.14. The molecule has 21 heavy (non-hydrogen) atoms. The molecule has 0 aliphatic heterocycles. The van der Waals surface area contributed by atoms with Crippen LogP contribution in [0.5, 0.6) is 0 Å². The van der Waals surface area contributed by atoms with Gasteiger partial charge in [0.2, 0.25) is 0 Å². The minimum absolute atomic E-state index is 0. The first-order chi connectivity index (χ1) is 7.39. The maximum atomic E-state index is 2.35. The molecule has 0 amide bonds. The fraction of sp³-hybridized carbons (Fsp3) is 1.00. The average molecular weight is 473 g/mol. The van der Waals surface area contributed by atoms with Crippen molar-refractivity contribution in [1.82, 2.24) is 0 Å². The summed E-state index contributed by atoms with van der Waals surface area (Å²) in [4.78, 5) is 0. The van der Waals surface area contributed by atoms with Gasteiger partial charge in [0.05, 0.1) is 53.9 Å². The van der Waals surface area contributed by atoms with Gasteiger partial charge in [0.1, 0.15) is 0 Å². The third kappa shape index (κ3) is 19.4. The molecule has 0 bridgehead atoms. The summed E-state index contributed by atoms with van der Waals surface area (Å²) < 4.78 is 2.43. The smallest absolute Gasteiger partial charge is 0.0840 e. The monoisotopic (exact) mass is 471 g/mol. The van der Waals surface area contributed by atoms with Crippen molar-refractivity contribution in [3.05, 3.63) is 0 Å². The van der Waals surface area contributed by atoms with E-state index in [1.807, 2.05) is 0 Å². The molecule has 0 aliphatic carbocycles. The van der Waals surface area contributed by atoms with E-state index in [0.29, 0.717) is 0 Å². The average Bonchev–Trinajstić information content (AvgIpc) is 2.22. The van der Waals surface area contributed by atoms with Gasteiger partial charge in [-0.15, -0.1) is 0 Å². The molecule has 0 spiro atoms. The summed E-state index contributed by atoms with van der Waals surface area (Å²) in [5, 5.41) is 0. The standard InChI is InChI=1S/C14H34N2.2CH4.2BrH.V/c1-7-10-13-16(8-2,9-3)14-11-12-15(4,5)6;;;;;/h7-14H2,1-6H3;2*1H4;2*1H;/q+2;;;;;/p-2. The topological polar surface area (TPSA) is 0 Å². The van der Waals surface area contributed by atoms with Gasteiger partial charge in [-0.3, -0.25) is 0 Å². The van der Waals surface area contributed by atoms with Crippen LogP contribution in [0, 0.1) is 0 Å². The van der Waals surface area contributed by atoms with Crippen LogP contribution in [0.2, 0.25) is 0 Å². The van der Waals surface area contributed by atoms with Crippen LogP contribution < -0.4 is 34.0 Å². The third-order valence-corrected chi connectivity index (χ3v) is 3.79. The Kier molecular flexibility index (Phi) is 35.5. The van der Waals surface area contributed by atoms with Gasteiger partial charge in [-0.25, -0.2) is 0 Å². The minimum atomic E-state index is 0. The summed E-state index contributed by atoms with van der Waals surface area (Å²) in [7, 11) is 6.87. The van der Waals surface area contributed by atoms with Crippen molar-refractivity contribution in [2.24, 2.45) is 0 Å². The summed E-state index contributed by atoms with van der Waals surface area (Å²) in [5.74, 6) is 0. The first kappa shape index (κ1) is 38.2. The SMILES string of the molecule is C.C.CCCC[N+](CC)(CC)CCC[N+](C)(C)C.[Br-].[Br-].[V]. The molecule has 0 N–H and O–H groups in total. The van der Waals surface area contributed by atoms with E-state index in [9.17, 15) is 0 Å². The number of nitrogens with zero attached hydrogens (tertiary/aromatic N) is 2. The zero-order valence-electron chi connectivity index (χ0n) is 13.8. The molecular formula is C16H42Br2N2V. The maximum Gasteiger partial charge on any atom is 0.0840 e. The fourth-order valence-corrected chi connectivity index (χ4v) is 2.34. The first-order valence-electron chi connectivity index (χ1n) is 7.04. The van der Waals surface area contributed by atoms with E-state index in [0.717, 1.165) is 4.48 Å². The second kappa shape index (κ2) is 19.5. The minimum Gasteiger partial charge on any atom is -1.00 e. The van der Waals surface area contributed by atoms with E-state index in [1.165, 1.54) is 56.5 Å². The number of rotatable bonds is 9. The predicted octanol–water partition coefficient (Wildman–Crippen LogP) is -1.98. The first-order valence-corrected chi connectivity index (χ1v) is 7.04. The molecule has 1 radical (unpaired) electrons. The molecule has 0 rings (SSSR count). The fourth-order valence-electron chi connectivity index (χ4n) is 2.34. The summed E-state index contributed by atoms with van der Waals surface area (Å²) in [6, 6.07) is 0. The number of quaternary nitrogens is 2. The number of hydrogen-bond acceptors (Lipinski definition) is 0. The van der Waals surface area contributed by atoms with Crippen LogP contribution in [0.3, 0.4) is 0 Å². The molecule has 0 unspecified atom stereocenters. The summed E-state index contributed by atoms with van der Waals surface area (Å²) in [6.45, 7) is 13.6. The van der Waals surface area contributed by atoms with E-state index in [2.05, 4.69) is 41.9 Å². The van der Waals surface area contributed by atoms with Crippen LogP contribution in [0.4, 0.5) is 0 Å². The van der Waals surface area contributed by atoms with E-state index in [4.69, 9.17) is 0 Å². The number of halogens is 2. The molecule has 0 aliphatic rings. The number of hydrogen-bond donors (Lipinski definition) is 0. The molecule has 0 saturated carbocycles. The Morgan fingerprint density at radius 3 is 1.33 bits per heavy atom. The Morgan fingerprint density at radius 2 is 1.05 bits per heavy atom. The Bertz CT molecular complexity index is 182. The van der Waals surface area contributed by atoms with Crippen LogP contribution >= 0.6 is 0 Å². The largest absolute Gasteiger partial charge is 1.00 e. The van der Waals surface area contributed by atoms with Crippen molar-refractivity contribution in [2.75, 3.05) is 53.9 Å². The van der Waals surface area contributed by atoms with Crippen molar-refractivity contribution >= 4 is 0 Å². The molecule has 0 fully saturated rings. The van der Waals surface area contributed by atoms with Crippen LogP contribution in [0.25, 0.3) is 0 Å². The molecule has 0 heterocycles.